The molecule has 27 heavy (non-hydrogen) atoms. The van der Waals surface area contributed by atoms with Gasteiger partial charge in [0.1, 0.15) is 0 Å². The number of amides is 2. The first-order chi connectivity index (χ1) is 12.7. The van der Waals surface area contributed by atoms with E-state index in [2.05, 4.69) is 10.6 Å². The van der Waals surface area contributed by atoms with Gasteiger partial charge in [0.05, 0.1) is 16.9 Å². The molecule has 3 rings (SSSR count). The lowest BCUT2D eigenvalue weighted by atomic mass is 9.66. The fourth-order valence-electron chi connectivity index (χ4n) is 3.29. The summed E-state index contributed by atoms with van der Waals surface area (Å²) in [7, 11) is -3.87. The number of rotatable bonds is 6. The first kappa shape index (κ1) is 19.3. The Morgan fingerprint density at radius 2 is 2.04 bits per heavy atom. The van der Waals surface area contributed by atoms with Gasteiger partial charge < -0.3 is 15.7 Å². The SMILES string of the molecule is O=C1CN(S(=O)(=O)c2cccc(NC(=O)CC3(C(=O)O)CCC3)c2)CCN1. The molecule has 1 aliphatic carbocycles. The number of sulfonamides is 1. The lowest BCUT2D eigenvalue weighted by Gasteiger charge is -2.36. The monoisotopic (exact) mass is 395 g/mol. The molecule has 10 heteroatoms. The van der Waals surface area contributed by atoms with E-state index in [0.717, 1.165) is 10.7 Å². The fraction of sp³-hybridized carbons (Fsp3) is 0.471. The maximum atomic E-state index is 12.7. The average molecular weight is 395 g/mol. The standard InChI is InChI=1S/C17H21N3O6S/c21-14(10-17(16(23)24)5-2-6-17)19-12-3-1-4-13(9-12)27(25,26)20-8-7-18-15(22)11-20/h1,3-4,9H,2,5-8,10-11H2,(H,18,22)(H,19,21)(H,23,24). The predicted molar refractivity (Wildman–Crippen MR) is 95.4 cm³/mol. The van der Waals surface area contributed by atoms with E-state index in [1.165, 1.54) is 24.3 Å². The van der Waals surface area contributed by atoms with E-state index >= 15 is 0 Å². The van der Waals surface area contributed by atoms with Crippen LogP contribution in [-0.2, 0) is 24.4 Å². The van der Waals surface area contributed by atoms with Crippen LogP contribution in [0.25, 0.3) is 0 Å². The van der Waals surface area contributed by atoms with Crippen LogP contribution in [0.4, 0.5) is 5.69 Å². The third kappa shape index (κ3) is 3.96. The van der Waals surface area contributed by atoms with Crippen LogP contribution in [0.1, 0.15) is 25.7 Å². The van der Waals surface area contributed by atoms with Gasteiger partial charge in [0, 0.05) is 25.2 Å². The molecule has 0 unspecified atom stereocenters. The lowest BCUT2D eigenvalue weighted by molar-refractivity contribution is -0.157. The number of hydrogen-bond acceptors (Lipinski definition) is 5. The molecule has 1 aliphatic heterocycles. The molecule has 2 aliphatic rings. The summed E-state index contributed by atoms with van der Waals surface area (Å²) in [5.41, 5.74) is -0.753. The van der Waals surface area contributed by atoms with Crippen LogP contribution in [0.3, 0.4) is 0 Å². The minimum Gasteiger partial charge on any atom is -0.481 e. The van der Waals surface area contributed by atoms with Crippen molar-refractivity contribution in [3.8, 4) is 0 Å². The smallest absolute Gasteiger partial charge is 0.310 e. The Morgan fingerprint density at radius 3 is 2.63 bits per heavy atom. The van der Waals surface area contributed by atoms with Crippen molar-refractivity contribution >= 4 is 33.5 Å². The molecule has 9 nitrogen and oxygen atoms in total. The van der Waals surface area contributed by atoms with Gasteiger partial charge in [-0.3, -0.25) is 14.4 Å². The molecule has 0 spiro atoms. The van der Waals surface area contributed by atoms with Gasteiger partial charge in [-0.2, -0.15) is 4.31 Å². The number of carboxylic acids is 1. The van der Waals surface area contributed by atoms with Crippen molar-refractivity contribution in [2.75, 3.05) is 25.0 Å². The zero-order valence-electron chi connectivity index (χ0n) is 14.6. The lowest BCUT2D eigenvalue weighted by Crippen LogP contribution is -2.49. The van der Waals surface area contributed by atoms with E-state index < -0.39 is 27.3 Å². The number of benzene rings is 1. The molecule has 0 radical (unpaired) electrons. The Bertz CT molecular complexity index is 878. The number of aliphatic carboxylic acids is 1. The molecule has 0 aromatic heterocycles. The molecule has 1 aromatic rings. The normalized spacial score (nSPS) is 19.6. The molecule has 2 fully saturated rings. The molecule has 3 N–H and O–H groups in total. The molecular formula is C17H21N3O6S. The minimum absolute atomic E-state index is 0.0356. The Balaban J connectivity index is 1.72. The summed E-state index contributed by atoms with van der Waals surface area (Å²) in [5.74, 6) is -1.82. The van der Waals surface area contributed by atoms with Crippen LogP contribution in [0.2, 0.25) is 0 Å². The van der Waals surface area contributed by atoms with Crippen LogP contribution < -0.4 is 10.6 Å². The zero-order valence-corrected chi connectivity index (χ0v) is 15.4. The van der Waals surface area contributed by atoms with E-state index in [0.29, 0.717) is 12.8 Å². The van der Waals surface area contributed by atoms with Crippen molar-refractivity contribution in [1.29, 1.82) is 0 Å². The van der Waals surface area contributed by atoms with E-state index in [-0.39, 0.29) is 42.5 Å². The average Bonchev–Trinajstić information content (AvgIpc) is 2.58. The largest absolute Gasteiger partial charge is 0.481 e. The van der Waals surface area contributed by atoms with E-state index in [4.69, 9.17) is 0 Å². The second-order valence-corrected chi connectivity index (χ2v) is 8.82. The molecule has 1 saturated carbocycles. The van der Waals surface area contributed by atoms with Crippen molar-refractivity contribution in [2.45, 2.75) is 30.6 Å². The number of piperazine rings is 1. The van der Waals surface area contributed by atoms with Crippen LogP contribution in [0.5, 0.6) is 0 Å². The molecule has 1 aromatic carbocycles. The van der Waals surface area contributed by atoms with E-state index in [9.17, 15) is 27.9 Å². The van der Waals surface area contributed by atoms with Crippen molar-refractivity contribution < 1.29 is 27.9 Å². The second-order valence-electron chi connectivity index (χ2n) is 6.88. The minimum atomic E-state index is -3.87. The Kier molecular flexibility index (Phi) is 5.20. The summed E-state index contributed by atoms with van der Waals surface area (Å²) >= 11 is 0. The second kappa shape index (κ2) is 7.28. The van der Waals surface area contributed by atoms with Gasteiger partial charge in [-0.25, -0.2) is 8.42 Å². The first-order valence-corrected chi connectivity index (χ1v) is 10.1. The van der Waals surface area contributed by atoms with E-state index in [1.54, 1.807) is 0 Å². The van der Waals surface area contributed by atoms with E-state index in [1.807, 2.05) is 0 Å². The van der Waals surface area contributed by atoms with Crippen molar-refractivity contribution in [1.82, 2.24) is 9.62 Å². The molecule has 0 bridgehead atoms. The summed E-state index contributed by atoms with van der Waals surface area (Å²) in [6, 6.07) is 5.73. The van der Waals surface area contributed by atoms with Gasteiger partial charge >= 0.3 is 5.97 Å². The molecule has 0 atom stereocenters. The number of nitrogens with one attached hydrogen (secondary N) is 2. The quantitative estimate of drug-likeness (QED) is 0.638. The number of carboxylic acid groups (broad SMARTS) is 1. The maximum absolute atomic E-state index is 12.7. The molecular weight excluding hydrogens is 374 g/mol. The maximum Gasteiger partial charge on any atom is 0.310 e. The van der Waals surface area contributed by atoms with Gasteiger partial charge in [-0.05, 0) is 31.0 Å². The summed E-state index contributed by atoms with van der Waals surface area (Å²) in [4.78, 5) is 35.1. The fourth-order valence-corrected chi connectivity index (χ4v) is 4.73. The third-order valence-corrected chi connectivity index (χ3v) is 6.86. The summed E-state index contributed by atoms with van der Waals surface area (Å²) in [6.07, 6.45) is 1.55. The zero-order chi connectivity index (χ0) is 19.7. The Hall–Kier alpha value is -2.46. The van der Waals surface area contributed by atoms with Gasteiger partial charge in [0.2, 0.25) is 21.8 Å². The summed E-state index contributed by atoms with van der Waals surface area (Å²) in [6.45, 7) is 0.164. The topological polar surface area (TPSA) is 133 Å². The highest BCUT2D eigenvalue weighted by molar-refractivity contribution is 7.89. The molecule has 1 heterocycles. The number of carbonyl (C=O) groups excluding carboxylic acids is 2. The highest BCUT2D eigenvalue weighted by Crippen LogP contribution is 2.44. The molecule has 2 amide bonds. The molecule has 146 valence electrons. The molecule has 1 saturated heterocycles. The predicted octanol–water partition coefficient (Wildman–Crippen LogP) is 0.391. The Morgan fingerprint density at radius 1 is 1.30 bits per heavy atom. The van der Waals surface area contributed by atoms with Crippen LogP contribution in [0.15, 0.2) is 29.2 Å². The van der Waals surface area contributed by atoms with Crippen LogP contribution in [-0.4, -0.2) is 55.2 Å². The number of anilines is 1. The highest BCUT2D eigenvalue weighted by Gasteiger charge is 2.45. The van der Waals surface area contributed by atoms with Gasteiger partial charge in [0.25, 0.3) is 0 Å². The van der Waals surface area contributed by atoms with Gasteiger partial charge in [-0.1, -0.05) is 12.5 Å². The van der Waals surface area contributed by atoms with Gasteiger partial charge in [-0.15, -0.1) is 0 Å². The highest BCUT2D eigenvalue weighted by atomic mass is 32.2. The van der Waals surface area contributed by atoms with Crippen molar-refractivity contribution in [3.63, 3.8) is 0 Å². The van der Waals surface area contributed by atoms with Crippen LogP contribution >= 0.6 is 0 Å². The Labute approximate surface area is 156 Å². The van der Waals surface area contributed by atoms with Crippen molar-refractivity contribution in [3.05, 3.63) is 24.3 Å². The summed E-state index contributed by atoms with van der Waals surface area (Å²) < 4.78 is 26.5. The summed E-state index contributed by atoms with van der Waals surface area (Å²) in [5, 5.41) is 14.5. The number of carbonyl (C=O) groups is 3. The van der Waals surface area contributed by atoms with Crippen LogP contribution in [0, 0.1) is 5.41 Å². The van der Waals surface area contributed by atoms with Crippen molar-refractivity contribution in [2.24, 2.45) is 5.41 Å². The third-order valence-electron chi connectivity index (χ3n) is 5.02. The van der Waals surface area contributed by atoms with Gasteiger partial charge in [0.15, 0.2) is 0 Å². The number of hydrogen-bond donors (Lipinski definition) is 3. The number of nitrogens with zero attached hydrogens (tertiary/aromatic N) is 1. The first-order valence-electron chi connectivity index (χ1n) is 8.63.